The van der Waals surface area contributed by atoms with Crippen molar-refractivity contribution in [1.82, 2.24) is 4.90 Å². The van der Waals surface area contributed by atoms with E-state index in [-0.39, 0.29) is 17.8 Å². The predicted molar refractivity (Wildman–Crippen MR) is 98.4 cm³/mol. The summed E-state index contributed by atoms with van der Waals surface area (Å²) in [4.78, 5) is 15.2. The van der Waals surface area contributed by atoms with Crippen LogP contribution in [0.5, 0.6) is 5.75 Å². The van der Waals surface area contributed by atoms with Gasteiger partial charge in [0.05, 0.1) is 13.2 Å². The van der Waals surface area contributed by atoms with Crippen LogP contribution in [-0.2, 0) is 4.79 Å². The zero-order chi connectivity index (χ0) is 17.6. The molecule has 3 nitrogen and oxygen atoms in total. The zero-order valence-electron chi connectivity index (χ0n) is 14.3. The Morgan fingerprint density at radius 3 is 2.92 bits per heavy atom. The first-order valence-corrected chi connectivity index (χ1v) is 9.48. The van der Waals surface area contributed by atoms with Crippen LogP contribution in [0.3, 0.4) is 0 Å². The molecule has 2 aromatic carbocycles. The minimum atomic E-state index is -0.227. The lowest BCUT2D eigenvalue weighted by Crippen LogP contribution is -2.30. The van der Waals surface area contributed by atoms with Crippen molar-refractivity contribution in [3.05, 3.63) is 59.9 Å². The molecule has 5 heteroatoms. The number of rotatable bonds is 6. The third-order valence-electron chi connectivity index (χ3n) is 4.46. The van der Waals surface area contributed by atoms with Gasteiger partial charge in [0.2, 0.25) is 5.91 Å². The van der Waals surface area contributed by atoms with Gasteiger partial charge in [-0.1, -0.05) is 24.3 Å². The Balaban J connectivity index is 1.60. The summed E-state index contributed by atoms with van der Waals surface area (Å²) in [5, 5.41) is 0. The summed E-state index contributed by atoms with van der Waals surface area (Å²) in [7, 11) is 1.65. The minimum absolute atomic E-state index is 0.112. The van der Waals surface area contributed by atoms with Gasteiger partial charge < -0.3 is 9.64 Å². The summed E-state index contributed by atoms with van der Waals surface area (Å²) in [6, 6.07) is 14.7. The van der Waals surface area contributed by atoms with Crippen molar-refractivity contribution < 1.29 is 13.9 Å². The second-order valence-electron chi connectivity index (χ2n) is 6.05. The molecule has 0 spiro atoms. The molecule has 0 bridgehead atoms. The molecule has 0 aliphatic carbocycles. The highest BCUT2D eigenvalue weighted by atomic mass is 32.2. The first kappa shape index (κ1) is 17.8. The number of methoxy groups -OCH3 is 1. The molecule has 1 unspecified atom stereocenters. The Labute approximate surface area is 152 Å². The van der Waals surface area contributed by atoms with Gasteiger partial charge in [-0.25, -0.2) is 4.39 Å². The first-order valence-electron chi connectivity index (χ1n) is 8.50. The highest BCUT2D eigenvalue weighted by Gasteiger charge is 2.29. The van der Waals surface area contributed by atoms with Crippen LogP contribution in [0.15, 0.2) is 53.4 Å². The van der Waals surface area contributed by atoms with Crippen LogP contribution in [0.1, 0.15) is 30.9 Å². The van der Waals surface area contributed by atoms with Crippen LogP contribution in [0.2, 0.25) is 0 Å². The van der Waals surface area contributed by atoms with E-state index in [9.17, 15) is 9.18 Å². The SMILES string of the molecule is COc1cccc(C2CCCN2C(=O)CCSc2ccccc2F)c1. The first-order chi connectivity index (χ1) is 12.2. The average molecular weight is 359 g/mol. The summed E-state index contributed by atoms with van der Waals surface area (Å²) in [6.07, 6.45) is 2.40. The number of nitrogens with zero attached hydrogens (tertiary/aromatic N) is 1. The van der Waals surface area contributed by atoms with Crippen molar-refractivity contribution in [2.75, 3.05) is 19.4 Å². The van der Waals surface area contributed by atoms with Crippen LogP contribution in [0.25, 0.3) is 0 Å². The molecule has 3 rings (SSSR count). The number of ether oxygens (including phenoxy) is 1. The Hall–Kier alpha value is -2.01. The van der Waals surface area contributed by atoms with Gasteiger partial charge in [0.1, 0.15) is 11.6 Å². The maximum absolute atomic E-state index is 13.6. The maximum Gasteiger partial charge on any atom is 0.223 e. The van der Waals surface area contributed by atoms with Crippen molar-refractivity contribution in [2.45, 2.75) is 30.2 Å². The third kappa shape index (κ3) is 4.34. The quantitative estimate of drug-likeness (QED) is 0.702. The number of thioether (sulfide) groups is 1. The standard InChI is InChI=1S/C20H22FNO2S/c1-24-16-7-4-6-15(14-16)18-9-5-12-22(18)20(23)11-13-25-19-10-3-2-8-17(19)21/h2-4,6-8,10,14,18H,5,9,11-13H2,1H3. The van der Waals surface area contributed by atoms with Gasteiger partial charge >= 0.3 is 0 Å². The second kappa shape index (κ2) is 8.39. The van der Waals surface area contributed by atoms with Crippen molar-refractivity contribution in [2.24, 2.45) is 0 Å². The lowest BCUT2D eigenvalue weighted by atomic mass is 10.0. The second-order valence-corrected chi connectivity index (χ2v) is 7.19. The lowest BCUT2D eigenvalue weighted by molar-refractivity contribution is -0.131. The van der Waals surface area contributed by atoms with Crippen LogP contribution in [-0.4, -0.2) is 30.2 Å². The van der Waals surface area contributed by atoms with E-state index in [1.165, 1.54) is 17.8 Å². The Kier molecular flexibility index (Phi) is 5.97. The van der Waals surface area contributed by atoms with Gasteiger partial charge in [0.25, 0.3) is 0 Å². The highest BCUT2D eigenvalue weighted by molar-refractivity contribution is 7.99. The van der Waals surface area contributed by atoms with Crippen LogP contribution < -0.4 is 4.74 Å². The summed E-state index contributed by atoms with van der Waals surface area (Å²) < 4.78 is 18.9. The van der Waals surface area contributed by atoms with Gasteiger partial charge in [0, 0.05) is 23.6 Å². The van der Waals surface area contributed by atoms with E-state index in [1.54, 1.807) is 19.2 Å². The zero-order valence-corrected chi connectivity index (χ0v) is 15.1. The molecular formula is C20H22FNO2S. The van der Waals surface area contributed by atoms with Crippen LogP contribution in [0, 0.1) is 5.82 Å². The van der Waals surface area contributed by atoms with Gasteiger partial charge in [-0.05, 0) is 42.7 Å². The molecule has 0 aromatic heterocycles. The van der Waals surface area contributed by atoms with Crippen molar-refractivity contribution >= 4 is 17.7 Å². The number of benzene rings is 2. The van der Waals surface area contributed by atoms with E-state index in [0.29, 0.717) is 17.1 Å². The number of carbonyl (C=O) groups excluding carboxylic acids is 1. The monoisotopic (exact) mass is 359 g/mol. The molecule has 1 atom stereocenters. The van der Waals surface area contributed by atoms with Crippen LogP contribution >= 0.6 is 11.8 Å². The van der Waals surface area contributed by atoms with Crippen molar-refractivity contribution in [3.63, 3.8) is 0 Å². The van der Waals surface area contributed by atoms with E-state index in [4.69, 9.17) is 4.74 Å². The summed E-state index contributed by atoms with van der Waals surface area (Å²) in [5.74, 6) is 1.30. The number of amides is 1. The van der Waals surface area contributed by atoms with E-state index in [0.717, 1.165) is 30.7 Å². The average Bonchev–Trinajstić information content (AvgIpc) is 3.13. The number of hydrogen-bond acceptors (Lipinski definition) is 3. The molecule has 25 heavy (non-hydrogen) atoms. The molecular weight excluding hydrogens is 337 g/mol. The minimum Gasteiger partial charge on any atom is -0.497 e. The fraction of sp³-hybridized carbons (Fsp3) is 0.350. The van der Waals surface area contributed by atoms with E-state index in [2.05, 4.69) is 0 Å². The van der Waals surface area contributed by atoms with Crippen molar-refractivity contribution in [1.29, 1.82) is 0 Å². The fourth-order valence-corrected chi connectivity index (χ4v) is 4.09. The number of hydrogen-bond donors (Lipinski definition) is 0. The summed E-state index contributed by atoms with van der Waals surface area (Å²) in [5.41, 5.74) is 1.12. The molecule has 1 heterocycles. The molecule has 1 amide bonds. The molecule has 1 aliphatic heterocycles. The molecule has 0 N–H and O–H groups in total. The fourth-order valence-electron chi connectivity index (χ4n) is 3.21. The highest BCUT2D eigenvalue weighted by Crippen LogP contribution is 2.34. The topological polar surface area (TPSA) is 29.5 Å². The van der Waals surface area contributed by atoms with E-state index >= 15 is 0 Å². The normalized spacial score (nSPS) is 16.9. The Morgan fingerprint density at radius 1 is 1.28 bits per heavy atom. The molecule has 2 aromatic rings. The smallest absolute Gasteiger partial charge is 0.223 e. The molecule has 132 valence electrons. The number of likely N-dealkylation sites (tertiary alicyclic amines) is 1. The summed E-state index contributed by atoms with van der Waals surface area (Å²) in [6.45, 7) is 0.783. The molecule has 0 radical (unpaired) electrons. The third-order valence-corrected chi connectivity index (χ3v) is 5.51. The van der Waals surface area contributed by atoms with Gasteiger partial charge in [-0.2, -0.15) is 0 Å². The summed E-state index contributed by atoms with van der Waals surface area (Å²) >= 11 is 1.39. The molecule has 0 saturated carbocycles. The van der Waals surface area contributed by atoms with E-state index in [1.807, 2.05) is 35.2 Å². The molecule has 1 fully saturated rings. The van der Waals surface area contributed by atoms with Gasteiger partial charge in [0.15, 0.2) is 0 Å². The lowest BCUT2D eigenvalue weighted by Gasteiger charge is -2.25. The van der Waals surface area contributed by atoms with Gasteiger partial charge in [-0.3, -0.25) is 4.79 Å². The largest absolute Gasteiger partial charge is 0.497 e. The van der Waals surface area contributed by atoms with Crippen molar-refractivity contribution in [3.8, 4) is 5.75 Å². The Bertz CT molecular complexity index is 737. The number of halogens is 1. The number of carbonyl (C=O) groups is 1. The predicted octanol–water partition coefficient (Wildman–Crippen LogP) is 4.68. The molecule has 1 saturated heterocycles. The van der Waals surface area contributed by atoms with E-state index < -0.39 is 0 Å². The molecule has 1 aliphatic rings. The van der Waals surface area contributed by atoms with Gasteiger partial charge in [-0.15, -0.1) is 11.8 Å². The maximum atomic E-state index is 13.6. The Morgan fingerprint density at radius 2 is 2.12 bits per heavy atom. The van der Waals surface area contributed by atoms with Crippen LogP contribution in [0.4, 0.5) is 4.39 Å².